The highest BCUT2D eigenvalue weighted by Gasteiger charge is 2.53. The second-order valence-corrected chi connectivity index (χ2v) is 6.07. The molecule has 2 heterocycles. The van der Waals surface area contributed by atoms with Crippen molar-refractivity contribution in [1.29, 1.82) is 0 Å². The lowest BCUT2D eigenvalue weighted by Gasteiger charge is -2.32. The highest BCUT2D eigenvalue weighted by atomic mass is 16.7. The third-order valence-corrected chi connectivity index (χ3v) is 4.15. The van der Waals surface area contributed by atoms with Crippen LogP contribution in [0.1, 0.15) is 27.7 Å². The van der Waals surface area contributed by atoms with Crippen LogP contribution >= 0.6 is 0 Å². The van der Waals surface area contributed by atoms with E-state index in [1.54, 1.807) is 6.26 Å². The molecule has 0 amide bonds. The van der Waals surface area contributed by atoms with E-state index in [4.69, 9.17) is 13.8 Å². The second kappa shape index (κ2) is 4.47. The molecule has 20 heavy (non-hydrogen) atoms. The molecule has 0 bridgehead atoms. The molecule has 4 nitrogen and oxygen atoms in total. The molecule has 0 aliphatic carbocycles. The van der Waals surface area contributed by atoms with E-state index < -0.39 is 7.12 Å². The highest BCUT2D eigenvalue weighted by molar-refractivity contribution is 6.63. The Bertz CT molecular complexity index is 591. The maximum Gasteiger partial charge on any atom is 0.500 e. The number of benzene rings is 1. The lowest BCUT2D eigenvalue weighted by atomic mass is 9.78. The molecule has 3 rings (SSSR count). The smallest absolute Gasteiger partial charge is 0.399 e. The molecule has 1 aliphatic heterocycles. The molecule has 0 radical (unpaired) electrons. The summed E-state index contributed by atoms with van der Waals surface area (Å²) < 4.78 is 17.2. The monoisotopic (exact) mass is 271 g/mol. The molecule has 1 aliphatic rings. The van der Waals surface area contributed by atoms with E-state index in [0.29, 0.717) is 0 Å². The van der Waals surface area contributed by atoms with Gasteiger partial charge in [-0.1, -0.05) is 35.5 Å². The summed E-state index contributed by atoms with van der Waals surface area (Å²) in [6, 6.07) is 9.90. The Labute approximate surface area is 119 Å². The fraction of sp³-hybridized carbons (Fsp3) is 0.400. The molecule has 1 aromatic carbocycles. The predicted octanol–water partition coefficient (Wildman–Crippen LogP) is 2.64. The fourth-order valence-corrected chi connectivity index (χ4v) is 2.20. The third kappa shape index (κ3) is 2.07. The number of hydrogen-bond acceptors (Lipinski definition) is 4. The summed E-state index contributed by atoms with van der Waals surface area (Å²) in [6.45, 7) is 8.12. The van der Waals surface area contributed by atoms with Gasteiger partial charge in [0.05, 0.1) is 16.7 Å². The number of aromatic nitrogens is 1. The minimum Gasteiger partial charge on any atom is -0.399 e. The Kier molecular flexibility index (Phi) is 2.99. The SMILES string of the molecule is CC1(C)OB(c2conc2-c2ccccc2)OC1(C)C. The molecule has 5 heteroatoms. The van der Waals surface area contributed by atoms with Crippen LogP contribution in [0.2, 0.25) is 0 Å². The van der Waals surface area contributed by atoms with Gasteiger partial charge in [-0.2, -0.15) is 0 Å². The molecule has 0 unspecified atom stereocenters. The third-order valence-electron chi connectivity index (χ3n) is 4.15. The van der Waals surface area contributed by atoms with E-state index in [1.165, 1.54) is 0 Å². The normalized spacial score (nSPS) is 20.3. The van der Waals surface area contributed by atoms with Crippen molar-refractivity contribution in [3.63, 3.8) is 0 Å². The van der Waals surface area contributed by atoms with Crippen LogP contribution in [0.15, 0.2) is 41.1 Å². The van der Waals surface area contributed by atoms with Crippen LogP contribution in [-0.2, 0) is 9.31 Å². The molecular formula is C15H18BNO3. The van der Waals surface area contributed by atoms with Gasteiger partial charge < -0.3 is 13.8 Å². The van der Waals surface area contributed by atoms with Gasteiger partial charge in [-0.15, -0.1) is 0 Å². The van der Waals surface area contributed by atoms with Gasteiger partial charge in [0.15, 0.2) is 0 Å². The van der Waals surface area contributed by atoms with Gasteiger partial charge in [-0.3, -0.25) is 0 Å². The summed E-state index contributed by atoms with van der Waals surface area (Å²) >= 11 is 0. The summed E-state index contributed by atoms with van der Waals surface area (Å²) in [5.74, 6) is 0. The predicted molar refractivity (Wildman–Crippen MR) is 77.7 cm³/mol. The minimum atomic E-state index is -0.457. The van der Waals surface area contributed by atoms with Crippen LogP contribution in [0.3, 0.4) is 0 Å². The molecule has 1 fully saturated rings. The lowest BCUT2D eigenvalue weighted by Crippen LogP contribution is -2.41. The van der Waals surface area contributed by atoms with Gasteiger partial charge in [0.1, 0.15) is 12.0 Å². The Hall–Kier alpha value is -1.59. The molecule has 0 N–H and O–H groups in total. The highest BCUT2D eigenvalue weighted by Crippen LogP contribution is 2.37. The Morgan fingerprint density at radius 3 is 2.15 bits per heavy atom. The van der Waals surface area contributed by atoms with Crippen LogP contribution in [0.25, 0.3) is 11.3 Å². The molecule has 1 aromatic heterocycles. The first-order chi connectivity index (χ1) is 9.41. The van der Waals surface area contributed by atoms with Crippen LogP contribution in [0.4, 0.5) is 0 Å². The van der Waals surface area contributed by atoms with Gasteiger partial charge in [-0.05, 0) is 27.7 Å². The molecule has 0 atom stereocenters. The molecule has 104 valence electrons. The van der Waals surface area contributed by atoms with Crippen LogP contribution < -0.4 is 5.46 Å². The maximum absolute atomic E-state index is 6.05. The Balaban J connectivity index is 1.96. The lowest BCUT2D eigenvalue weighted by molar-refractivity contribution is 0.00578. The topological polar surface area (TPSA) is 44.5 Å². The van der Waals surface area contributed by atoms with Crippen molar-refractivity contribution in [3.05, 3.63) is 36.6 Å². The largest absolute Gasteiger partial charge is 0.500 e. The number of hydrogen-bond donors (Lipinski definition) is 0. The summed E-state index contributed by atoms with van der Waals surface area (Å²) in [4.78, 5) is 0. The quantitative estimate of drug-likeness (QED) is 0.787. The van der Waals surface area contributed by atoms with Crippen molar-refractivity contribution in [2.45, 2.75) is 38.9 Å². The van der Waals surface area contributed by atoms with Crippen LogP contribution in [0, 0.1) is 0 Å². The number of nitrogens with zero attached hydrogens (tertiary/aromatic N) is 1. The van der Waals surface area contributed by atoms with Crippen molar-refractivity contribution < 1.29 is 13.8 Å². The van der Waals surface area contributed by atoms with Crippen molar-refractivity contribution in [3.8, 4) is 11.3 Å². The zero-order valence-electron chi connectivity index (χ0n) is 12.2. The van der Waals surface area contributed by atoms with Gasteiger partial charge >= 0.3 is 7.12 Å². The van der Waals surface area contributed by atoms with E-state index in [2.05, 4.69) is 5.16 Å². The summed E-state index contributed by atoms with van der Waals surface area (Å²) in [7, 11) is -0.457. The van der Waals surface area contributed by atoms with Crippen molar-refractivity contribution in [1.82, 2.24) is 5.16 Å². The van der Waals surface area contributed by atoms with E-state index in [1.807, 2.05) is 58.0 Å². The first kappa shape index (κ1) is 13.4. The molecule has 2 aromatic rings. The average Bonchev–Trinajstić information content (AvgIpc) is 2.94. The first-order valence-corrected chi connectivity index (χ1v) is 6.76. The fourth-order valence-electron chi connectivity index (χ4n) is 2.20. The van der Waals surface area contributed by atoms with E-state index in [-0.39, 0.29) is 11.2 Å². The van der Waals surface area contributed by atoms with Crippen molar-refractivity contribution in [2.75, 3.05) is 0 Å². The second-order valence-electron chi connectivity index (χ2n) is 6.07. The Morgan fingerprint density at radius 1 is 0.950 bits per heavy atom. The van der Waals surface area contributed by atoms with Gasteiger partial charge in [0, 0.05) is 5.56 Å². The van der Waals surface area contributed by atoms with Gasteiger partial charge in [-0.25, -0.2) is 0 Å². The zero-order valence-corrected chi connectivity index (χ0v) is 12.2. The summed E-state index contributed by atoms with van der Waals surface area (Å²) in [6.07, 6.45) is 1.60. The molecule has 0 saturated carbocycles. The standard InChI is InChI=1S/C15H18BNO3/c1-14(2)15(3,4)20-16(19-14)12-10-18-17-13(12)11-8-6-5-7-9-11/h5-10H,1-4H3. The molecule has 0 spiro atoms. The zero-order chi connectivity index (χ0) is 14.4. The minimum absolute atomic E-state index is 0.372. The van der Waals surface area contributed by atoms with E-state index in [0.717, 1.165) is 16.7 Å². The van der Waals surface area contributed by atoms with Crippen molar-refractivity contribution in [2.24, 2.45) is 0 Å². The number of rotatable bonds is 2. The van der Waals surface area contributed by atoms with E-state index >= 15 is 0 Å². The Morgan fingerprint density at radius 2 is 1.55 bits per heavy atom. The maximum atomic E-state index is 6.05. The first-order valence-electron chi connectivity index (χ1n) is 6.76. The van der Waals surface area contributed by atoms with Crippen LogP contribution in [0.5, 0.6) is 0 Å². The van der Waals surface area contributed by atoms with Gasteiger partial charge in [0.2, 0.25) is 0 Å². The van der Waals surface area contributed by atoms with Crippen molar-refractivity contribution >= 4 is 12.6 Å². The summed E-state index contributed by atoms with van der Waals surface area (Å²) in [5, 5.41) is 4.09. The van der Waals surface area contributed by atoms with Crippen LogP contribution in [-0.4, -0.2) is 23.5 Å². The molecule has 1 saturated heterocycles. The average molecular weight is 271 g/mol. The summed E-state index contributed by atoms with van der Waals surface area (Å²) in [5.41, 5.74) is 1.84. The molecular weight excluding hydrogens is 253 g/mol. The van der Waals surface area contributed by atoms with Gasteiger partial charge in [0.25, 0.3) is 0 Å². The van der Waals surface area contributed by atoms with E-state index in [9.17, 15) is 0 Å².